The van der Waals surface area contributed by atoms with Crippen LogP contribution in [0.25, 0.3) is 0 Å². The molecule has 0 N–H and O–H groups in total. The molecular weight excluding hydrogens is 431 g/mol. The van der Waals surface area contributed by atoms with Crippen molar-refractivity contribution >= 4 is 60.8 Å². The molecule has 104 valence electrons. The van der Waals surface area contributed by atoms with Crippen LogP contribution in [-0.2, 0) is 0 Å². The first-order valence-electron chi connectivity index (χ1n) is 5.46. The van der Waals surface area contributed by atoms with Crippen molar-refractivity contribution in [2.24, 2.45) is 0 Å². The Balaban J connectivity index is 2.50. The van der Waals surface area contributed by atoms with Crippen molar-refractivity contribution in [3.05, 3.63) is 60.4 Å². The lowest BCUT2D eigenvalue weighted by Gasteiger charge is -2.09. The van der Waals surface area contributed by atoms with Crippen molar-refractivity contribution < 1.29 is 9.53 Å². The third kappa shape index (κ3) is 3.37. The van der Waals surface area contributed by atoms with Gasteiger partial charge >= 0.3 is 0 Å². The van der Waals surface area contributed by atoms with Crippen molar-refractivity contribution in [3.8, 4) is 5.75 Å². The SMILES string of the molecule is COc1cc(Cl)c(C(=O)c2cc(Br)cc(Br)c2)cc1Cl. The fourth-order valence-corrected chi connectivity index (χ4v) is 3.47. The van der Waals surface area contributed by atoms with Gasteiger partial charge in [0.25, 0.3) is 0 Å². The van der Waals surface area contributed by atoms with Crippen LogP contribution in [-0.4, -0.2) is 12.9 Å². The molecule has 2 aromatic carbocycles. The molecule has 0 amide bonds. The van der Waals surface area contributed by atoms with E-state index in [1.165, 1.54) is 19.2 Å². The van der Waals surface area contributed by atoms with Crippen LogP contribution < -0.4 is 4.74 Å². The number of rotatable bonds is 3. The van der Waals surface area contributed by atoms with Gasteiger partial charge in [-0.15, -0.1) is 0 Å². The Morgan fingerprint density at radius 2 is 1.60 bits per heavy atom. The molecule has 20 heavy (non-hydrogen) atoms. The molecule has 0 heterocycles. The first-order chi connectivity index (χ1) is 9.42. The zero-order valence-corrected chi connectivity index (χ0v) is 14.9. The van der Waals surface area contributed by atoms with Crippen molar-refractivity contribution in [2.45, 2.75) is 0 Å². The van der Waals surface area contributed by atoms with Crippen LogP contribution in [0, 0.1) is 0 Å². The van der Waals surface area contributed by atoms with Gasteiger partial charge in [0.15, 0.2) is 5.78 Å². The molecule has 6 heteroatoms. The zero-order valence-electron chi connectivity index (χ0n) is 10.2. The van der Waals surface area contributed by atoms with E-state index in [2.05, 4.69) is 31.9 Å². The summed E-state index contributed by atoms with van der Waals surface area (Å²) >= 11 is 18.9. The van der Waals surface area contributed by atoms with E-state index in [1.807, 2.05) is 6.07 Å². The Hall–Kier alpha value is -0.550. The Morgan fingerprint density at radius 1 is 1.00 bits per heavy atom. The second-order valence-corrected chi connectivity index (χ2v) is 6.60. The molecule has 0 radical (unpaired) electrons. The van der Waals surface area contributed by atoms with Crippen molar-refractivity contribution in [2.75, 3.05) is 7.11 Å². The predicted molar refractivity (Wildman–Crippen MR) is 88.3 cm³/mol. The molecule has 2 aromatic rings. The normalized spacial score (nSPS) is 10.4. The van der Waals surface area contributed by atoms with Crippen molar-refractivity contribution in [3.63, 3.8) is 0 Å². The lowest BCUT2D eigenvalue weighted by molar-refractivity contribution is 0.103. The van der Waals surface area contributed by atoms with E-state index in [9.17, 15) is 4.79 Å². The largest absolute Gasteiger partial charge is 0.495 e. The van der Waals surface area contributed by atoms with Gasteiger partial charge in [-0.2, -0.15) is 0 Å². The molecule has 0 aliphatic carbocycles. The number of methoxy groups -OCH3 is 1. The standard InChI is InChI=1S/C14H8Br2Cl2O2/c1-20-13-6-11(17)10(5-12(13)18)14(19)7-2-8(15)4-9(16)3-7/h2-6H,1H3. The van der Waals surface area contributed by atoms with Gasteiger partial charge in [0, 0.05) is 26.1 Å². The molecule has 0 saturated carbocycles. The summed E-state index contributed by atoms with van der Waals surface area (Å²) in [7, 11) is 1.49. The fourth-order valence-electron chi connectivity index (χ4n) is 1.70. The molecule has 0 saturated heterocycles. The molecule has 0 fully saturated rings. The fraction of sp³-hybridized carbons (Fsp3) is 0.0714. The molecule has 0 bridgehead atoms. The summed E-state index contributed by atoms with van der Waals surface area (Å²) < 4.78 is 6.66. The Morgan fingerprint density at radius 3 is 2.15 bits per heavy atom. The van der Waals surface area contributed by atoms with Gasteiger partial charge in [-0.1, -0.05) is 55.1 Å². The van der Waals surface area contributed by atoms with Gasteiger partial charge in [0.05, 0.1) is 17.2 Å². The molecule has 0 spiro atoms. The van der Waals surface area contributed by atoms with Crippen molar-refractivity contribution in [1.29, 1.82) is 0 Å². The van der Waals surface area contributed by atoms with Crippen LogP contribution in [0.1, 0.15) is 15.9 Å². The number of hydrogen-bond acceptors (Lipinski definition) is 2. The second kappa shape index (κ2) is 6.48. The van der Waals surface area contributed by atoms with Crippen LogP contribution in [0.4, 0.5) is 0 Å². The maximum absolute atomic E-state index is 12.5. The average molecular weight is 439 g/mol. The summed E-state index contributed by atoms with van der Waals surface area (Å²) in [5, 5.41) is 0.640. The number of ether oxygens (including phenoxy) is 1. The number of benzene rings is 2. The lowest BCUT2D eigenvalue weighted by Crippen LogP contribution is -2.03. The van der Waals surface area contributed by atoms with Crippen LogP contribution >= 0.6 is 55.1 Å². The van der Waals surface area contributed by atoms with Crippen LogP contribution in [0.5, 0.6) is 5.75 Å². The Bertz CT molecular complexity index is 667. The monoisotopic (exact) mass is 436 g/mol. The molecule has 0 atom stereocenters. The van der Waals surface area contributed by atoms with E-state index in [0.717, 1.165) is 8.95 Å². The summed E-state index contributed by atoms with van der Waals surface area (Å²) in [4.78, 5) is 12.5. The summed E-state index contributed by atoms with van der Waals surface area (Å²) in [5.74, 6) is 0.227. The smallest absolute Gasteiger partial charge is 0.194 e. The number of ketones is 1. The predicted octanol–water partition coefficient (Wildman–Crippen LogP) is 5.76. The second-order valence-electron chi connectivity index (χ2n) is 3.95. The minimum absolute atomic E-state index is 0.207. The van der Waals surface area contributed by atoms with Crippen LogP contribution in [0.2, 0.25) is 10.0 Å². The highest BCUT2D eigenvalue weighted by atomic mass is 79.9. The third-order valence-electron chi connectivity index (χ3n) is 2.61. The van der Waals surface area contributed by atoms with E-state index < -0.39 is 0 Å². The summed E-state index contributed by atoms with van der Waals surface area (Å²) in [6, 6.07) is 8.34. The van der Waals surface area contributed by atoms with E-state index in [-0.39, 0.29) is 5.78 Å². The molecule has 2 rings (SSSR count). The van der Waals surface area contributed by atoms with Gasteiger partial charge in [-0.25, -0.2) is 0 Å². The summed E-state index contributed by atoms with van der Waals surface area (Å²) in [6.45, 7) is 0. The molecule has 2 nitrogen and oxygen atoms in total. The number of carbonyl (C=O) groups is 1. The van der Waals surface area contributed by atoms with Gasteiger partial charge in [-0.3, -0.25) is 4.79 Å². The molecule has 0 unspecified atom stereocenters. The van der Waals surface area contributed by atoms with Crippen molar-refractivity contribution in [1.82, 2.24) is 0 Å². The van der Waals surface area contributed by atoms with E-state index in [4.69, 9.17) is 27.9 Å². The van der Waals surface area contributed by atoms with Gasteiger partial charge < -0.3 is 4.74 Å². The van der Waals surface area contributed by atoms with E-state index in [1.54, 1.807) is 12.1 Å². The highest BCUT2D eigenvalue weighted by molar-refractivity contribution is 9.11. The molecule has 0 aromatic heterocycles. The summed E-state index contributed by atoms with van der Waals surface area (Å²) in [6.07, 6.45) is 0. The number of hydrogen-bond donors (Lipinski definition) is 0. The minimum Gasteiger partial charge on any atom is -0.495 e. The Kier molecular flexibility index (Phi) is 5.13. The number of halogens is 4. The highest BCUT2D eigenvalue weighted by Gasteiger charge is 2.17. The summed E-state index contributed by atoms with van der Waals surface area (Å²) in [5.41, 5.74) is 0.844. The highest BCUT2D eigenvalue weighted by Crippen LogP contribution is 2.32. The van der Waals surface area contributed by atoms with Gasteiger partial charge in [0.1, 0.15) is 5.75 Å². The third-order valence-corrected chi connectivity index (χ3v) is 4.13. The lowest BCUT2D eigenvalue weighted by atomic mass is 10.0. The minimum atomic E-state index is -0.207. The first-order valence-corrected chi connectivity index (χ1v) is 7.80. The number of carbonyl (C=O) groups excluding carboxylic acids is 1. The Labute approximate surface area is 143 Å². The maximum Gasteiger partial charge on any atom is 0.194 e. The van der Waals surface area contributed by atoms with E-state index >= 15 is 0 Å². The molecule has 0 aliphatic rings. The van der Waals surface area contributed by atoms with Crippen LogP contribution in [0.15, 0.2) is 39.3 Å². The quantitative estimate of drug-likeness (QED) is 0.569. The van der Waals surface area contributed by atoms with Gasteiger partial charge in [-0.05, 0) is 24.3 Å². The molecular formula is C14H8Br2Cl2O2. The topological polar surface area (TPSA) is 26.3 Å². The van der Waals surface area contributed by atoms with E-state index in [0.29, 0.717) is 26.9 Å². The van der Waals surface area contributed by atoms with Gasteiger partial charge in [0.2, 0.25) is 0 Å². The molecule has 0 aliphatic heterocycles. The first kappa shape index (κ1) is 15.8. The maximum atomic E-state index is 12.5. The zero-order chi connectivity index (χ0) is 14.9. The average Bonchev–Trinajstić information content (AvgIpc) is 2.39. The van der Waals surface area contributed by atoms with Crippen LogP contribution in [0.3, 0.4) is 0 Å².